The van der Waals surface area contributed by atoms with Gasteiger partial charge < -0.3 is 10.4 Å². The van der Waals surface area contributed by atoms with E-state index < -0.39 is 29.1 Å². The topological polar surface area (TPSA) is 69.6 Å². The second kappa shape index (κ2) is 7.23. The highest BCUT2D eigenvalue weighted by Crippen LogP contribution is 2.26. The first-order chi connectivity index (χ1) is 10.8. The summed E-state index contributed by atoms with van der Waals surface area (Å²) in [6.45, 7) is 2.40. The molecule has 1 aliphatic carbocycles. The molecule has 0 saturated heterocycles. The van der Waals surface area contributed by atoms with Crippen LogP contribution in [0, 0.1) is 11.6 Å². The number of carbonyl (C=O) groups is 2. The van der Waals surface area contributed by atoms with Crippen molar-refractivity contribution in [2.24, 2.45) is 0 Å². The van der Waals surface area contributed by atoms with E-state index in [-0.39, 0.29) is 23.7 Å². The van der Waals surface area contributed by atoms with Crippen LogP contribution in [0.15, 0.2) is 12.1 Å². The molecule has 1 fully saturated rings. The summed E-state index contributed by atoms with van der Waals surface area (Å²) in [6.07, 6.45) is 1.15. The monoisotopic (exact) mass is 346 g/mol. The quantitative estimate of drug-likeness (QED) is 0.775. The van der Waals surface area contributed by atoms with Crippen LogP contribution in [0.4, 0.5) is 8.78 Å². The predicted molar refractivity (Wildman–Crippen MR) is 80.5 cm³/mol. The minimum atomic E-state index is -0.905. The van der Waals surface area contributed by atoms with Crippen molar-refractivity contribution >= 4 is 23.5 Å². The number of carbonyl (C=O) groups excluding carboxylic acids is 1. The molecule has 0 aromatic heterocycles. The van der Waals surface area contributed by atoms with Gasteiger partial charge in [-0.05, 0) is 31.5 Å². The lowest BCUT2D eigenvalue weighted by atomic mass is 9.85. The Bertz CT molecular complexity index is 621. The van der Waals surface area contributed by atoms with Gasteiger partial charge in [0.25, 0.3) is 5.91 Å². The average molecular weight is 347 g/mol. The zero-order valence-corrected chi connectivity index (χ0v) is 13.2. The molecule has 1 aromatic carbocycles. The van der Waals surface area contributed by atoms with Gasteiger partial charge in [0.2, 0.25) is 0 Å². The molecule has 1 aromatic rings. The number of nitrogens with zero attached hydrogens (tertiary/aromatic N) is 1. The SMILES string of the molecule is CCN(CC(=O)O)C1CC(NC(=O)c2cc(F)c(Cl)cc2F)C1. The summed E-state index contributed by atoms with van der Waals surface area (Å²) in [4.78, 5) is 24.5. The molecule has 0 radical (unpaired) electrons. The molecule has 1 amide bonds. The first kappa shape index (κ1) is 17.6. The first-order valence-electron chi connectivity index (χ1n) is 7.23. The predicted octanol–water partition coefficient (Wildman–Crippen LogP) is 2.29. The Morgan fingerprint density at radius 2 is 2.00 bits per heavy atom. The second-order valence-electron chi connectivity index (χ2n) is 5.50. The summed E-state index contributed by atoms with van der Waals surface area (Å²) in [5.41, 5.74) is -0.395. The van der Waals surface area contributed by atoms with Gasteiger partial charge in [0.1, 0.15) is 11.6 Å². The van der Waals surface area contributed by atoms with Crippen molar-refractivity contribution in [2.45, 2.75) is 31.8 Å². The number of halogens is 3. The van der Waals surface area contributed by atoms with Crippen LogP contribution >= 0.6 is 11.6 Å². The van der Waals surface area contributed by atoms with E-state index in [1.54, 1.807) is 4.90 Å². The Morgan fingerprint density at radius 1 is 1.35 bits per heavy atom. The van der Waals surface area contributed by atoms with Crippen LogP contribution in [-0.2, 0) is 4.79 Å². The van der Waals surface area contributed by atoms with E-state index in [2.05, 4.69) is 5.32 Å². The van der Waals surface area contributed by atoms with Crippen molar-refractivity contribution in [1.29, 1.82) is 0 Å². The third-order valence-electron chi connectivity index (χ3n) is 3.96. The summed E-state index contributed by atoms with van der Waals surface area (Å²) >= 11 is 5.45. The van der Waals surface area contributed by atoms with Gasteiger partial charge in [-0.25, -0.2) is 8.78 Å². The number of hydrogen-bond acceptors (Lipinski definition) is 3. The zero-order valence-electron chi connectivity index (χ0n) is 12.5. The largest absolute Gasteiger partial charge is 0.480 e. The number of rotatable bonds is 6. The van der Waals surface area contributed by atoms with Crippen molar-refractivity contribution in [3.63, 3.8) is 0 Å². The van der Waals surface area contributed by atoms with Crippen LogP contribution in [0.2, 0.25) is 5.02 Å². The fourth-order valence-electron chi connectivity index (χ4n) is 2.64. The van der Waals surface area contributed by atoms with Crippen molar-refractivity contribution in [1.82, 2.24) is 10.2 Å². The van der Waals surface area contributed by atoms with E-state index in [0.717, 1.165) is 12.1 Å². The van der Waals surface area contributed by atoms with Gasteiger partial charge in [0.15, 0.2) is 0 Å². The van der Waals surface area contributed by atoms with Crippen LogP contribution in [-0.4, -0.2) is 47.1 Å². The number of benzene rings is 1. The molecular formula is C15H17ClF2N2O3. The highest BCUT2D eigenvalue weighted by molar-refractivity contribution is 6.30. The number of carboxylic acids is 1. The Balaban J connectivity index is 1.91. The zero-order chi connectivity index (χ0) is 17.1. The van der Waals surface area contributed by atoms with Gasteiger partial charge >= 0.3 is 5.97 Å². The average Bonchev–Trinajstić information content (AvgIpc) is 2.43. The van der Waals surface area contributed by atoms with Gasteiger partial charge in [-0.3, -0.25) is 14.5 Å². The number of likely N-dealkylation sites (N-methyl/N-ethyl adjacent to an activating group) is 1. The van der Waals surface area contributed by atoms with Crippen molar-refractivity contribution in [3.05, 3.63) is 34.4 Å². The molecular weight excluding hydrogens is 330 g/mol. The molecule has 5 nitrogen and oxygen atoms in total. The summed E-state index contributed by atoms with van der Waals surface area (Å²) in [5, 5.41) is 11.1. The summed E-state index contributed by atoms with van der Waals surface area (Å²) in [6, 6.07) is 1.41. The standard InChI is InChI=1S/C15H17ClF2N2O3/c1-2-20(7-14(21)22)9-3-8(4-9)19-15(23)10-5-13(18)11(16)6-12(10)17/h5-6,8-9H,2-4,7H2,1H3,(H,19,23)(H,21,22). The van der Waals surface area contributed by atoms with E-state index in [4.69, 9.17) is 16.7 Å². The third kappa shape index (κ3) is 4.17. The van der Waals surface area contributed by atoms with Crippen LogP contribution in [0.25, 0.3) is 0 Å². The fraction of sp³-hybridized carbons (Fsp3) is 0.467. The lowest BCUT2D eigenvalue weighted by Gasteiger charge is -2.42. The van der Waals surface area contributed by atoms with E-state index >= 15 is 0 Å². The molecule has 126 valence electrons. The van der Waals surface area contributed by atoms with E-state index in [1.807, 2.05) is 6.92 Å². The van der Waals surface area contributed by atoms with Gasteiger partial charge in [0, 0.05) is 12.1 Å². The first-order valence-corrected chi connectivity index (χ1v) is 7.60. The number of nitrogens with one attached hydrogen (secondary N) is 1. The molecule has 1 aliphatic rings. The Hall–Kier alpha value is -1.73. The number of aliphatic carboxylic acids is 1. The van der Waals surface area contributed by atoms with Crippen LogP contribution in [0.3, 0.4) is 0 Å². The smallest absolute Gasteiger partial charge is 0.317 e. The Morgan fingerprint density at radius 3 is 2.57 bits per heavy atom. The van der Waals surface area contributed by atoms with Gasteiger partial charge in [-0.1, -0.05) is 18.5 Å². The lowest BCUT2D eigenvalue weighted by molar-refractivity contribution is -0.139. The lowest BCUT2D eigenvalue weighted by Crippen LogP contribution is -2.54. The van der Waals surface area contributed by atoms with Crippen molar-refractivity contribution < 1.29 is 23.5 Å². The molecule has 0 spiro atoms. The van der Waals surface area contributed by atoms with E-state index in [1.165, 1.54) is 0 Å². The van der Waals surface area contributed by atoms with E-state index in [0.29, 0.717) is 19.4 Å². The number of carboxylic acid groups (broad SMARTS) is 1. The minimum Gasteiger partial charge on any atom is -0.480 e. The number of hydrogen-bond donors (Lipinski definition) is 2. The third-order valence-corrected chi connectivity index (χ3v) is 4.25. The summed E-state index contributed by atoms with van der Waals surface area (Å²) in [5.74, 6) is -3.35. The normalized spacial score (nSPS) is 20.2. The van der Waals surface area contributed by atoms with Crippen LogP contribution < -0.4 is 5.32 Å². The van der Waals surface area contributed by atoms with E-state index in [9.17, 15) is 18.4 Å². The molecule has 0 atom stereocenters. The maximum Gasteiger partial charge on any atom is 0.317 e. The molecule has 1 saturated carbocycles. The molecule has 2 N–H and O–H groups in total. The molecule has 23 heavy (non-hydrogen) atoms. The van der Waals surface area contributed by atoms with Crippen LogP contribution in [0.5, 0.6) is 0 Å². The summed E-state index contributed by atoms with van der Waals surface area (Å²) in [7, 11) is 0. The molecule has 0 aliphatic heterocycles. The van der Waals surface area contributed by atoms with Gasteiger partial charge in [-0.2, -0.15) is 0 Å². The molecule has 0 bridgehead atoms. The Labute approximate surface area is 137 Å². The maximum atomic E-state index is 13.7. The minimum absolute atomic E-state index is 0.0567. The molecule has 0 heterocycles. The van der Waals surface area contributed by atoms with Gasteiger partial charge in [0.05, 0.1) is 17.1 Å². The van der Waals surface area contributed by atoms with Gasteiger partial charge in [-0.15, -0.1) is 0 Å². The second-order valence-corrected chi connectivity index (χ2v) is 5.91. The van der Waals surface area contributed by atoms with Crippen LogP contribution in [0.1, 0.15) is 30.1 Å². The summed E-state index contributed by atoms with van der Waals surface area (Å²) < 4.78 is 27.0. The van der Waals surface area contributed by atoms with Crippen molar-refractivity contribution in [2.75, 3.05) is 13.1 Å². The fourth-order valence-corrected chi connectivity index (χ4v) is 2.79. The Kier molecular flexibility index (Phi) is 5.54. The highest BCUT2D eigenvalue weighted by atomic mass is 35.5. The molecule has 2 rings (SSSR count). The van der Waals surface area contributed by atoms with Crippen molar-refractivity contribution in [3.8, 4) is 0 Å². The number of amides is 1. The molecule has 0 unspecified atom stereocenters. The highest BCUT2D eigenvalue weighted by Gasteiger charge is 2.35. The molecule has 8 heteroatoms. The maximum absolute atomic E-state index is 13.7.